The van der Waals surface area contributed by atoms with Crippen molar-refractivity contribution in [3.8, 4) is 39.4 Å². The van der Waals surface area contributed by atoms with E-state index in [0.717, 1.165) is 83.4 Å². The molecule has 0 spiro atoms. The van der Waals surface area contributed by atoms with Gasteiger partial charge in [-0.2, -0.15) is 0 Å². The number of pyridine rings is 2. The minimum Gasteiger partial charge on any atom is -0.455 e. The quantitative estimate of drug-likeness (QED) is 0.153. The first kappa shape index (κ1) is 32.5. The van der Waals surface area contributed by atoms with E-state index in [2.05, 4.69) is 176 Å². The topological polar surface area (TPSA) is 46.0 Å². The van der Waals surface area contributed by atoms with Crippen molar-refractivity contribution < 1.29 is 4.74 Å². The Balaban J connectivity index is 1.07. The van der Waals surface area contributed by atoms with Gasteiger partial charge in [0.15, 0.2) is 0 Å². The molecule has 0 fully saturated rings. The highest BCUT2D eigenvalue weighted by atomic mass is 16.5. The maximum atomic E-state index is 6.60. The Morgan fingerprint density at radius 1 is 0.509 bits per heavy atom. The van der Waals surface area contributed by atoms with E-state index >= 15 is 0 Å². The van der Waals surface area contributed by atoms with Crippen molar-refractivity contribution in [2.24, 2.45) is 0 Å². The summed E-state index contributed by atoms with van der Waals surface area (Å²) in [5.74, 6) is 1.31. The zero-order valence-electron chi connectivity index (χ0n) is 30.7. The lowest BCUT2D eigenvalue weighted by molar-refractivity contribution is 0.480. The van der Waals surface area contributed by atoms with E-state index in [-0.39, 0.29) is 0 Å². The molecule has 1 aliphatic rings. The van der Waals surface area contributed by atoms with E-state index in [9.17, 15) is 0 Å². The lowest BCUT2D eigenvalue weighted by atomic mass is 9.95. The molecule has 10 aromatic rings. The standard InChI is InChI=1S/C51H33N5O/c1-3-14-35(15-4-1)42-23-12-24-43(36-16-5-2-6-17-36)49(42)55-34-54(48-28-27-37-18-7-8-21-44(37)50(48)55)38-19-11-20-40(30-38)57-41-31-39(32-52-33-41)56-47-26-10-9-22-45(47)46-25-13-29-53-51(46)56/h1-33H/q+2. The molecule has 266 valence electrons. The van der Waals surface area contributed by atoms with E-state index in [1.807, 2.05) is 42.7 Å². The number of aromatic nitrogens is 3. The molecule has 11 rings (SSSR count). The Bertz CT molecular complexity index is 3140. The Hall–Kier alpha value is -7.92. The molecule has 0 saturated carbocycles. The molecule has 0 amide bonds. The van der Waals surface area contributed by atoms with Crippen LogP contribution in [0.25, 0.3) is 60.6 Å². The van der Waals surface area contributed by atoms with Gasteiger partial charge in [0.2, 0.25) is 11.4 Å². The van der Waals surface area contributed by atoms with Crippen LogP contribution in [0.15, 0.2) is 201 Å². The normalized spacial score (nSPS) is 12.1. The third-order valence-electron chi connectivity index (χ3n) is 10.7. The third kappa shape index (κ3) is 5.51. The highest BCUT2D eigenvalue weighted by Crippen LogP contribution is 2.47. The molecule has 0 atom stereocenters. The molecule has 0 radical (unpaired) electrons. The summed E-state index contributed by atoms with van der Waals surface area (Å²) in [5.41, 5.74) is 11.4. The van der Waals surface area contributed by atoms with E-state index in [1.54, 1.807) is 6.20 Å². The second kappa shape index (κ2) is 13.4. The van der Waals surface area contributed by atoms with Crippen molar-refractivity contribution in [1.29, 1.82) is 0 Å². The molecular weight excluding hydrogens is 699 g/mol. The van der Waals surface area contributed by atoms with Gasteiger partial charge in [-0.25, -0.2) is 4.98 Å². The number of benzene rings is 7. The molecule has 1 aliphatic heterocycles. The average Bonchev–Trinajstić information content (AvgIpc) is 3.84. The van der Waals surface area contributed by atoms with Crippen LogP contribution in [0, 0.1) is 0 Å². The van der Waals surface area contributed by atoms with Gasteiger partial charge < -0.3 is 4.74 Å². The van der Waals surface area contributed by atoms with Crippen LogP contribution < -0.4 is 13.9 Å². The van der Waals surface area contributed by atoms with Gasteiger partial charge in [0.25, 0.3) is 5.69 Å². The van der Waals surface area contributed by atoms with E-state index in [0.29, 0.717) is 11.5 Å². The summed E-state index contributed by atoms with van der Waals surface area (Å²) in [6.45, 7) is 0. The van der Waals surface area contributed by atoms with Crippen LogP contribution >= 0.6 is 0 Å². The molecular formula is C51H33N5O+2. The number of hydrogen-bond donors (Lipinski definition) is 0. The first-order valence-electron chi connectivity index (χ1n) is 19.0. The zero-order chi connectivity index (χ0) is 37.7. The molecule has 0 bridgehead atoms. The predicted octanol–water partition coefficient (Wildman–Crippen LogP) is 12.7. The third-order valence-corrected chi connectivity index (χ3v) is 10.7. The summed E-state index contributed by atoms with van der Waals surface area (Å²) in [4.78, 5) is 9.37. The van der Waals surface area contributed by atoms with E-state index in [1.165, 1.54) is 0 Å². The summed E-state index contributed by atoms with van der Waals surface area (Å²) in [7, 11) is 0. The monoisotopic (exact) mass is 731 g/mol. The maximum absolute atomic E-state index is 6.60. The van der Waals surface area contributed by atoms with Crippen LogP contribution in [0.5, 0.6) is 11.5 Å². The van der Waals surface area contributed by atoms with Crippen LogP contribution in [-0.2, 0) is 0 Å². The number of rotatable bonds is 7. The molecule has 6 nitrogen and oxygen atoms in total. The minimum absolute atomic E-state index is 0.623. The van der Waals surface area contributed by atoms with Gasteiger partial charge in [-0.1, -0.05) is 109 Å². The second-order valence-corrected chi connectivity index (χ2v) is 14.1. The SMILES string of the molecule is C1=[N+](c2cccc(Oc3cncc(-n4c5ccccc5c5cccnc54)c3)c2)c2ccc3ccccc3c2[N+]=1c1c(-c2ccccc2)cccc1-c1ccccc1. The smallest absolute Gasteiger partial charge is 0.455 e. The highest BCUT2D eigenvalue weighted by Gasteiger charge is 2.41. The van der Waals surface area contributed by atoms with Gasteiger partial charge in [0.1, 0.15) is 17.1 Å². The summed E-state index contributed by atoms with van der Waals surface area (Å²) < 4.78 is 13.1. The lowest BCUT2D eigenvalue weighted by Crippen LogP contribution is -2.05. The molecule has 4 heterocycles. The largest absolute Gasteiger partial charge is 0.503 e. The Morgan fingerprint density at radius 3 is 2.02 bits per heavy atom. The van der Waals surface area contributed by atoms with Gasteiger partial charge in [-0.05, 0) is 74.2 Å². The fourth-order valence-corrected chi connectivity index (χ4v) is 8.17. The first-order valence-corrected chi connectivity index (χ1v) is 19.0. The van der Waals surface area contributed by atoms with E-state index in [4.69, 9.17) is 9.72 Å². The highest BCUT2D eigenvalue weighted by molar-refractivity contribution is 6.08. The fraction of sp³-hybridized carbons (Fsp3) is 0. The van der Waals surface area contributed by atoms with Crippen LogP contribution in [-0.4, -0.2) is 20.5 Å². The molecule has 0 aliphatic carbocycles. The number of hydrogen-bond acceptors (Lipinski definition) is 3. The van der Waals surface area contributed by atoms with Gasteiger partial charge in [0, 0.05) is 35.2 Å². The molecule has 0 unspecified atom stereocenters. The number of fused-ring (bicyclic) bond motifs is 6. The predicted molar refractivity (Wildman–Crippen MR) is 232 cm³/mol. The van der Waals surface area contributed by atoms with Crippen molar-refractivity contribution in [2.45, 2.75) is 0 Å². The lowest BCUT2D eigenvalue weighted by Gasteiger charge is -2.11. The average molecular weight is 732 g/mol. The Labute approximate surface area is 328 Å². The first-order chi connectivity index (χ1) is 28.3. The zero-order valence-corrected chi connectivity index (χ0v) is 30.7. The van der Waals surface area contributed by atoms with Crippen molar-refractivity contribution in [2.75, 3.05) is 0 Å². The Kier molecular flexibility index (Phi) is 7.66. The molecule has 0 saturated heterocycles. The van der Waals surface area contributed by atoms with Crippen LogP contribution in [0.1, 0.15) is 0 Å². The summed E-state index contributed by atoms with van der Waals surface area (Å²) in [6.07, 6.45) is 5.43. The van der Waals surface area contributed by atoms with Crippen molar-refractivity contribution in [3.05, 3.63) is 201 Å². The van der Waals surface area contributed by atoms with Gasteiger partial charge in [-0.3, -0.25) is 9.55 Å². The van der Waals surface area contributed by atoms with Crippen molar-refractivity contribution in [1.82, 2.24) is 23.7 Å². The van der Waals surface area contributed by atoms with Gasteiger partial charge >= 0.3 is 11.7 Å². The molecule has 6 heteroatoms. The van der Waals surface area contributed by atoms with Crippen LogP contribution in [0.4, 0.5) is 22.7 Å². The Morgan fingerprint density at radius 2 is 1.21 bits per heavy atom. The molecule has 7 aromatic carbocycles. The molecule has 3 aromatic heterocycles. The number of nitrogens with zero attached hydrogens (tertiary/aromatic N) is 5. The number of ether oxygens (including phenoxy) is 1. The van der Waals surface area contributed by atoms with Crippen LogP contribution in [0.2, 0.25) is 0 Å². The van der Waals surface area contributed by atoms with Crippen molar-refractivity contribution in [3.63, 3.8) is 0 Å². The summed E-state index contributed by atoms with van der Waals surface area (Å²) in [6, 6.07) is 67.2. The van der Waals surface area contributed by atoms with Gasteiger partial charge in [-0.15, -0.1) is 0 Å². The maximum Gasteiger partial charge on any atom is 0.503 e. The second-order valence-electron chi connectivity index (χ2n) is 14.1. The minimum atomic E-state index is 0.623. The van der Waals surface area contributed by atoms with Gasteiger partial charge in [0.05, 0.1) is 46.2 Å². The number of para-hydroxylation sites is 2. The van der Waals surface area contributed by atoms with Crippen molar-refractivity contribution >= 4 is 61.5 Å². The summed E-state index contributed by atoms with van der Waals surface area (Å²) in [5, 5.41) is 4.53. The molecule has 57 heavy (non-hydrogen) atoms. The van der Waals surface area contributed by atoms with E-state index < -0.39 is 0 Å². The fourth-order valence-electron chi connectivity index (χ4n) is 8.17. The molecule has 0 N–H and O–H groups in total. The summed E-state index contributed by atoms with van der Waals surface area (Å²) >= 11 is 0. The van der Waals surface area contributed by atoms with Crippen LogP contribution in [0.3, 0.4) is 0 Å².